The predicted octanol–water partition coefficient (Wildman–Crippen LogP) is 3.10. The van der Waals surface area contributed by atoms with Gasteiger partial charge in [0.15, 0.2) is 0 Å². The molecule has 4 nitrogen and oxygen atoms in total. The van der Waals surface area contributed by atoms with Crippen LogP contribution in [0.5, 0.6) is 5.75 Å². The molecule has 1 aromatic heterocycles. The fourth-order valence-corrected chi connectivity index (χ4v) is 3.04. The zero-order valence-electron chi connectivity index (χ0n) is 12.9. The van der Waals surface area contributed by atoms with Crippen LogP contribution in [0.15, 0.2) is 48.8 Å². The Balaban J connectivity index is 1.81. The van der Waals surface area contributed by atoms with Crippen LogP contribution < -0.4 is 4.74 Å². The van der Waals surface area contributed by atoms with E-state index >= 15 is 0 Å². The zero-order valence-corrected chi connectivity index (χ0v) is 12.9. The molecule has 0 aliphatic carbocycles. The highest BCUT2D eigenvalue weighted by Gasteiger charge is 2.23. The van der Waals surface area contributed by atoms with Crippen LogP contribution in [0.25, 0.3) is 0 Å². The van der Waals surface area contributed by atoms with E-state index in [0.717, 1.165) is 37.2 Å². The summed E-state index contributed by atoms with van der Waals surface area (Å²) < 4.78 is 7.33. The average Bonchev–Trinajstić information content (AvgIpc) is 3.25. The molecule has 1 saturated heterocycles. The number of aromatic nitrogens is 1. The fourth-order valence-electron chi connectivity index (χ4n) is 3.04. The number of ether oxygens (including phenoxy) is 1. The van der Waals surface area contributed by atoms with Crippen LogP contribution in [-0.2, 0) is 4.79 Å². The Morgan fingerprint density at radius 1 is 1.14 bits per heavy atom. The molecule has 0 spiro atoms. The topological polar surface area (TPSA) is 34.5 Å². The molecule has 3 rings (SSSR count). The number of likely N-dealkylation sites (tertiary alicyclic amines) is 1. The van der Waals surface area contributed by atoms with Gasteiger partial charge in [-0.3, -0.25) is 4.79 Å². The minimum absolute atomic E-state index is 0.0361. The van der Waals surface area contributed by atoms with Crippen molar-refractivity contribution >= 4 is 5.91 Å². The van der Waals surface area contributed by atoms with Gasteiger partial charge >= 0.3 is 0 Å². The Hall–Kier alpha value is -2.23. The minimum atomic E-state index is 0.0361. The van der Waals surface area contributed by atoms with E-state index < -0.39 is 0 Å². The molecule has 2 aromatic rings. The largest absolute Gasteiger partial charge is 0.497 e. The second kappa shape index (κ2) is 6.69. The van der Waals surface area contributed by atoms with E-state index in [1.165, 1.54) is 0 Å². The lowest BCUT2D eigenvalue weighted by molar-refractivity contribution is -0.130. The first-order valence-electron chi connectivity index (χ1n) is 7.82. The smallest absolute Gasteiger partial charge is 0.225 e. The van der Waals surface area contributed by atoms with Crippen molar-refractivity contribution in [2.45, 2.75) is 25.3 Å². The van der Waals surface area contributed by atoms with Crippen molar-refractivity contribution in [3.63, 3.8) is 0 Å². The number of rotatable bonds is 5. The molecule has 1 aliphatic rings. The average molecular weight is 298 g/mol. The summed E-state index contributed by atoms with van der Waals surface area (Å²) in [7, 11) is 1.66. The number of methoxy groups -OCH3 is 1. The summed E-state index contributed by atoms with van der Waals surface area (Å²) in [5.41, 5.74) is 1.13. The number of amides is 1. The van der Waals surface area contributed by atoms with Crippen LogP contribution in [-0.4, -0.2) is 35.6 Å². The summed E-state index contributed by atoms with van der Waals surface area (Å²) in [5, 5.41) is 0. The Morgan fingerprint density at radius 3 is 2.36 bits per heavy atom. The Bertz CT molecular complexity index is 599. The van der Waals surface area contributed by atoms with Crippen LogP contribution in [0.4, 0.5) is 0 Å². The number of benzene rings is 1. The van der Waals surface area contributed by atoms with Crippen LogP contribution in [0, 0.1) is 0 Å². The molecule has 1 aromatic carbocycles. The summed E-state index contributed by atoms with van der Waals surface area (Å²) in [5.74, 6) is 1.08. The zero-order chi connectivity index (χ0) is 15.4. The molecule has 0 saturated carbocycles. The summed E-state index contributed by atoms with van der Waals surface area (Å²) in [4.78, 5) is 14.5. The van der Waals surface area contributed by atoms with Crippen LogP contribution in [0.2, 0.25) is 0 Å². The number of nitrogens with zero attached hydrogens (tertiary/aromatic N) is 2. The van der Waals surface area contributed by atoms with E-state index in [1.807, 2.05) is 53.7 Å². The first-order chi connectivity index (χ1) is 10.8. The molecule has 0 radical (unpaired) electrons. The second-order valence-electron chi connectivity index (χ2n) is 5.71. The fraction of sp³-hybridized carbons (Fsp3) is 0.389. The summed E-state index contributed by atoms with van der Waals surface area (Å²) >= 11 is 0. The molecular weight excluding hydrogens is 276 g/mol. The molecule has 0 bridgehead atoms. The molecule has 0 unspecified atom stereocenters. The minimum Gasteiger partial charge on any atom is -0.497 e. The lowest BCUT2D eigenvalue weighted by Gasteiger charge is -2.23. The number of hydrogen-bond acceptors (Lipinski definition) is 2. The summed E-state index contributed by atoms with van der Waals surface area (Å²) in [6, 6.07) is 12.0. The maximum Gasteiger partial charge on any atom is 0.225 e. The maximum atomic E-state index is 12.5. The Kier molecular flexibility index (Phi) is 4.47. The number of carbonyl (C=O) groups excluding carboxylic acids is 1. The quantitative estimate of drug-likeness (QED) is 0.850. The van der Waals surface area contributed by atoms with Gasteiger partial charge in [-0.25, -0.2) is 0 Å². The van der Waals surface area contributed by atoms with E-state index in [2.05, 4.69) is 4.57 Å². The molecule has 116 valence electrons. The van der Waals surface area contributed by atoms with Gasteiger partial charge in [-0.05, 0) is 42.7 Å². The summed E-state index contributed by atoms with van der Waals surface area (Å²) in [6.07, 6.45) is 6.80. The van der Waals surface area contributed by atoms with Crippen LogP contribution >= 0.6 is 0 Å². The molecule has 1 aliphatic heterocycles. The third-order valence-electron chi connectivity index (χ3n) is 4.31. The van der Waals surface area contributed by atoms with Gasteiger partial charge < -0.3 is 14.2 Å². The number of hydrogen-bond donors (Lipinski definition) is 0. The first kappa shape index (κ1) is 14.7. The van der Waals surface area contributed by atoms with E-state index in [0.29, 0.717) is 6.42 Å². The van der Waals surface area contributed by atoms with Crippen molar-refractivity contribution < 1.29 is 9.53 Å². The third-order valence-corrected chi connectivity index (χ3v) is 4.31. The van der Waals surface area contributed by atoms with E-state index in [4.69, 9.17) is 4.74 Å². The lowest BCUT2D eigenvalue weighted by atomic mass is 10.0. The third kappa shape index (κ3) is 3.16. The van der Waals surface area contributed by atoms with E-state index in [1.54, 1.807) is 7.11 Å². The van der Waals surface area contributed by atoms with E-state index in [9.17, 15) is 4.79 Å². The van der Waals surface area contributed by atoms with Crippen molar-refractivity contribution in [1.82, 2.24) is 9.47 Å². The van der Waals surface area contributed by atoms with Gasteiger partial charge in [0, 0.05) is 25.5 Å². The van der Waals surface area contributed by atoms with Gasteiger partial charge in [0.1, 0.15) is 5.75 Å². The highest BCUT2D eigenvalue weighted by Crippen LogP contribution is 2.26. The molecule has 22 heavy (non-hydrogen) atoms. The normalized spacial score (nSPS) is 15.8. The maximum absolute atomic E-state index is 12.5. The van der Waals surface area contributed by atoms with Crippen LogP contribution in [0.3, 0.4) is 0 Å². The van der Waals surface area contributed by atoms with Gasteiger partial charge in [0.2, 0.25) is 5.91 Å². The first-order valence-corrected chi connectivity index (χ1v) is 7.82. The van der Waals surface area contributed by atoms with Crippen molar-refractivity contribution in [3.8, 4) is 5.75 Å². The van der Waals surface area contributed by atoms with Crippen molar-refractivity contribution in [2.75, 3.05) is 20.2 Å². The van der Waals surface area contributed by atoms with Crippen molar-refractivity contribution in [2.24, 2.45) is 0 Å². The van der Waals surface area contributed by atoms with Crippen molar-refractivity contribution in [3.05, 3.63) is 54.4 Å². The van der Waals surface area contributed by atoms with Crippen molar-refractivity contribution in [1.29, 1.82) is 0 Å². The van der Waals surface area contributed by atoms with Gasteiger partial charge in [-0.15, -0.1) is 0 Å². The molecule has 1 fully saturated rings. The molecule has 0 N–H and O–H groups in total. The highest BCUT2D eigenvalue weighted by atomic mass is 16.5. The lowest BCUT2D eigenvalue weighted by Crippen LogP contribution is -2.30. The SMILES string of the molecule is COc1ccc([C@H](CC(=O)N2CCCC2)n2cccc2)cc1. The predicted molar refractivity (Wildman–Crippen MR) is 86.0 cm³/mol. The highest BCUT2D eigenvalue weighted by molar-refractivity contribution is 5.77. The molecule has 2 heterocycles. The molecular formula is C18H22N2O2. The van der Waals surface area contributed by atoms with Crippen LogP contribution in [0.1, 0.15) is 30.9 Å². The molecule has 1 atom stereocenters. The van der Waals surface area contributed by atoms with Gasteiger partial charge in [0.25, 0.3) is 0 Å². The molecule has 4 heteroatoms. The van der Waals surface area contributed by atoms with Gasteiger partial charge in [-0.1, -0.05) is 12.1 Å². The monoisotopic (exact) mass is 298 g/mol. The second-order valence-corrected chi connectivity index (χ2v) is 5.71. The summed E-state index contributed by atoms with van der Waals surface area (Å²) in [6.45, 7) is 1.81. The molecule has 1 amide bonds. The standard InChI is InChI=1S/C18H22N2O2/c1-22-16-8-6-15(7-9-16)17(19-10-2-3-11-19)14-18(21)20-12-4-5-13-20/h2-3,6-11,17H,4-5,12-14H2,1H3/t17-/m0/s1. The Morgan fingerprint density at radius 2 is 1.77 bits per heavy atom. The van der Waals surface area contributed by atoms with Gasteiger partial charge in [0.05, 0.1) is 19.6 Å². The van der Waals surface area contributed by atoms with Gasteiger partial charge in [-0.2, -0.15) is 0 Å². The Labute approximate surface area is 131 Å². The number of carbonyl (C=O) groups is 1. The van der Waals surface area contributed by atoms with E-state index in [-0.39, 0.29) is 11.9 Å².